The number of hydrogen-bond donors (Lipinski definition) is 1. The number of nitrogens with zero attached hydrogens (tertiary/aromatic N) is 3. The van der Waals surface area contributed by atoms with Crippen molar-refractivity contribution >= 4 is 17.3 Å². The molecule has 0 saturated heterocycles. The molecule has 0 aliphatic rings. The third kappa shape index (κ3) is 3.34. The van der Waals surface area contributed by atoms with Crippen LogP contribution in [0.3, 0.4) is 0 Å². The standard InChI is InChI=1S/C12H7F3N4O3/c13-12(14,15)8-5-7(1-2-10(8)19(21)22)18-11(20)9-6-16-3-4-17-9/h1-6H,(H,18,20). The summed E-state index contributed by atoms with van der Waals surface area (Å²) < 4.78 is 38.4. The Balaban J connectivity index is 2.34. The number of nitro groups is 1. The van der Waals surface area contributed by atoms with E-state index in [-0.39, 0.29) is 11.4 Å². The van der Waals surface area contributed by atoms with Crippen LogP contribution in [-0.4, -0.2) is 20.8 Å². The molecule has 0 fully saturated rings. The SMILES string of the molecule is O=C(Nc1ccc([N+](=O)[O-])c(C(F)(F)F)c1)c1cnccn1. The first-order valence-electron chi connectivity index (χ1n) is 5.72. The Kier molecular flexibility index (Phi) is 4.02. The van der Waals surface area contributed by atoms with Gasteiger partial charge in [0.1, 0.15) is 11.3 Å². The van der Waals surface area contributed by atoms with Gasteiger partial charge in [-0.15, -0.1) is 0 Å². The molecule has 0 aliphatic heterocycles. The van der Waals surface area contributed by atoms with Gasteiger partial charge in [0.25, 0.3) is 11.6 Å². The second kappa shape index (κ2) is 5.76. The van der Waals surface area contributed by atoms with Gasteiger partial charge in [0, 0.05) is 24.1 Å². The highest BCUT2D eigenvalue weighted by Crippen LogP contribution is 2.37. The molecule has 1 aromatic heterocycles. The first kappa shape index (κ1) is 15.4. The molecule has 0 saturated carbocycles. The molecular formula is C12H7F3N4O3. The lowest BCUT2D eigenvalue weighted by molar-refractivity contribution is -0.388. The van der Waals surface area contributed by atoms with E-state index < -0.39 is 28.3 Å². The number of carbonyl (C=O) groups excluding carboxylic acids is 1. The van der Waals surface area contributed by atoms with Gasteiger partial charge in [-0.25, -0.2) is 4.98 Å². The number of amides is 1. The maximum absolute atomic E-state index is 12.8. The van der Waals surface area contributed by atoms with E-state index in [4.69, 9.17) is 0 Å². The number of anilines is 1. The van der Waals surface area contributed by atoms with Gasteiger partial charge in [-0.3, -0.25) is 19.9 Å². The first-order chi connectivity index (χ1) is 10.3. The zero-order chi connectivity index (χ0) is 16.3. The molecule has 2 aromatic rings. The van der Waals surface area contributed by atoms with Crippen molar-refractivity contribution in [3.8, 4) is 0 Å². The minimum atomic E-state index is -4.92. The zero-order valence-electron chi connectivity index (χ0n) is 10.7. The fourth-order valence-electron chi connectivity index (χ4n) is 1.61. The summed E-state index contributed by atoms with van der Waals surface area (Å²) >= 11 is 0. The molecule has 10 heteroatoms. The lowest BCUT2D eigenvalue weighted by Gasteiger charge is -2.10. The molecule has 22 heavy (non-hydrogen) atoms. The van der Waals surface area contributed by atoms with Gasteiger partial charge >= 0.3 is 6.18 Å². The van der Waals surface area contributed by atoms with Gasteiger partial charge in [0.15, 0.2) is 0 Å². The summed E-state index contributed by atoms with van der Waals surface area (Å²) in [5.74, 6) is -0.782. The predicted octanol–water partition coefficient (Wildman–Crippen LogP) is 2.66. The summed E-state index contributed by atoms with van der Waals surface area (Å²) in [5.41, 5.74) is -2.89. The maximum Gasteiger partial charge on any atom is 0.423 e. The minimum absolute atomic E-state index is 0.102. The van der Waals surface area contributed by atoms with Crippen molar-refractivity contribution in [3.63, 3.8) is 0 Å². The van der Waals surface area contributed by atoms with E-state index >= 15 is 0 Å². The number of halogens is 3. The third-order valence-electron chi connectivity index (χ3n) is 2.55. The molecule has 0 unspecified atom stereocenters. The Bertz CT molecular complexity index is 719. The molecule has 114 valence electrons. The lowest BCUT2D eigenvalue weighted by Crippen LogP contribution is -2.15. The van der Waals surface area contributed by atoms with E-state index in [2.05, 4.69) is 15.3 Å². The molecule has 1 amide bonds. The fourth-order valence-corrected chi connectivity index (χ4v) is 1.61. The number of carbonyl (C=O) groups is 1. The Hall–Kier alpha value is -3.04. The summed E-state index contributed by atoms with van der Waals surface area (Å²) in [6.07, 6.45) is -1.22. The Morgan fingerprint density at radius 1 is 1.27 bits per heavy atom. The maximum atomic E-state index is 12.8. The highest BCUT2D eigenvalue weighted by molar-refractivity contribution is 6.02. The number of nitrogens with one attached hydrogen (secondary N) is 1. The summed E-state index contributed by atoms with van der Waals surface area (Å²) in [7, 11) is 0. The quantitative estimate of drug-likeness (QED) is 0.694. The Morgan fingerprint density at radius 2 is 2.00 bits per heavy atom. The van der Waals surface area contributed by atoms with Crippen LogP contribution in [0.15, 0.2) is 36.8 Å². The number of alkyl halides is 3. The average Bonchev–Trinajstić information content (AvgIpc) is 2.47. The van der Waals surface area contributed by atoms with Crippen molar-refractivity contribution in [1.29, 1.82) is 0 Å². The number of aromatic nitrogens is 2. The molecule has 0 atom stereocenters. The molecule has 0 radical (unpaired) electrons. The molecule has 7 nitrogen and oxygen atoms in total. The lowest BCUT2D eigenvalue weighted by atomic mass is 10.1. The van der Waals surface area contributed by atoms with E-state index in [0.29, 0.717) is 12.1 Å². The highest BCUT2D eigenvalue weighted by Gasteiger charge is 2.38. The third-order valence-corrected chi connectivity index (χ3v) is 2.55. The fraction of sp³-hybridized carbons (Fsp3) is 0.0833. The van der Waals surface area contributed by atoms with Crippen LogP contribution in [0.4, 0.5) is 24.5 Å². The largest absolute Gasteiger partial charge is 0.423 e. The Morgan fingerprint density at radius 3 is 2.55 bits per heavy atom. The topological polar surface area (TPSA) is 98.0 Å². The summed E-state index contributed by atoms with van der Waals surface area (Å²) in [5, 5.41) is 12.8. The Labute approximate surface area is 121 Å². The van der Waals surface area contributed by atoms with Gasteiger partial charge in [0.05, 0.1) is 11.1 Å². The normalized spacial score (nSPS) is 11.0. The number of nitro benzene ring substituents is 1. The summed E-state index contributed by atoms with van der Waals surface area (Å²) in [4.78, 5) is 28.6. The molecule has 1 heterocycles. The van der Waals surface area contributed by atoms with Crippen molar-refractivity contribution in [2.45, 2.75) is 6.18 Å². The van der Waals surface area contributed by atoms with Crippen LogP contribution in [0.5, 0.6) is 0 Å². The average molecular weight is 312 g/mol. The monoisotopic (exact) mass is 312 g/mol. The van der Waals surface area contributed by atoms with Crippen LogP contribution in [-0.2, 0) is 6.18 Å². The molecule has 1 aromatic carbocycles. The number of hydrogen-bond acceptors (Lipinski definition) is 5. The van der Waals surface area contributed by atoms with Crippen molar-refractivity contribution < 1.29 is 22.9 Å². The van der Waals surface area contributed by atoms with Gasteiger partial charge in [0.2, 0.25) is 0 Å². The molecule has 2 rings (SSSR count). The van der Waals surface area contributed by atoms with Gasteiger partial charge in [-0.1, -0.05) is 0 Å². The van der Waals surface area contributed by atoms with Crippen molar-refractivity contribution in [2.75, 3.05) is 5.32 Å². The second-order valence-electron chi connectivity index (χ2n) is 4.03. The van der Waals surface area contributed by atoms with E-state index in [1.165, 1.54) is 12.4 Å². The summed E-state index contributed by atoms with van der Waals surface area (Å²) in [6, 6.07) is 2.17. The van der Waals surface area contributed by atoms with Gasteiger partial charge in [-0.05, 0) is 12.1 Å². The number of benzene rings is 1. The van der Waals surface area contributed by atoms with Gasteiger partial charge in [-0.2, -0.15) is 13.2 Å². The van der Waals surface area contributed by atoms with Crippen molar-refractivity contribution in [1.82, 2.24) is 9.97 Å². The van der Waals surface area contributed by atoms with Crippen LogP contribution in [0.25, 0.3) is 0 Å². The molecule has 0 spiro atoms. The van der Waals surface area contributed by atoms with Gasteiger partial charge < -0.3 is 5.32 Å². The minimum Gasteiger partial charge on any atom is -0.321 e. The number of rotatable bonds is 3. The van der Waals surface area contributed by atoms with E-state index in [1.54, 1.807) is 0 Å². The summed E-state index contributed by atoms with van der Waals surface area (Å²) in [6.45, 7) is 0. The van der Waals surface area contributed by atoms with Crippen molar-refractivity contribution in [3.05, 3.63) is 58.2 Å². The van der Waals surface area contributed by atoms with E-state index in [0.717, 1.165) is 12.3 Å². The van der Waals surface area contributed by atoms with Crippen LogP contribution < -0.4 is 5.32 Å². The van der Waals surface area contributed by atoms with Crippen LogP contribution in [0, 0.1) is 10.1 Å². The van der Waals surface area contributed by atoms with Crippen molar-refractivity contribution in [2.24, 2.45) is 0 Å². The predicted molar refractivity (Wildman–Crippen MR) is 68.1 cm³/mol. The first-order valence-corrected chi connectivity index (χ1v) is 5.72. The van der Waals surface area contributed by atoms with E-state index in [1.807, 2.05) is 0 Å². The molecule has 1 N–H and O–H groups in total. The highest BCUT2D eigenvalue weighted by atomic mass is 19.4. The van der Waals surface area contributed by atoms with Crippen LogP contribution in [0.2, 0.25) is 0 Å². The second-order valence-corrected chi connectivity index (χ2v) is 4.03. The van der Waals surface area contributed by atoms with E-state index in [9.17, 15) is 28.1 Å². The zero-order valence-corrected chi connectivity index (χ0v) is 10.7. The molecular weight excluding hydrogens is 305 g/mol. The smallest absolute Gasteiger partial charge is 0.321 e. The van der Waals surface area contributed by atoms with Crippen LogP contribution in [0.1, 0.15) is 16.1 Å². The molecule has 0 aliphatic carbocycles. The molecule has 0 bridgehead atoms. The van der Waals surface area contributed by atoms with Crippen LogP contribution >= 0.6 is 0 Å².